The summed E-state index contributed by atoms with van der Waals surface area (Å²) in [5.74, 6) is 0.907. The number of ether oxygens (including phenoxy) is 1. The molecule has 3 nitrogen and oxygen atoms in total. The predicted molar refractivity (Wildman–Crippen MR) is 87.5 cm³/mol. The maximum atomic E-state index is 5.52. The summed E-state index contributed by atoms with van der Waals surface area (Å²) in [5.41, 5.74) is 1.18. The Morgan fingerprint density at radius 2 is 2.30 bits per heavy atom. The van der Waals surface area contributed by atoms with E-state index in [0.29, 0.717) is 0 Å². The van der Waals surface area contributed by atoms with E-state index in [1.807, 2.05) is 17.6 Å². The summed E-state index contributed by atoms with van der Waals surface area (Å²) >= 11 is 5.18. The van der Waals surface area contributed by atoms with Gasteiger partial charge < -0.3 is 10.1 Å². The summed E-state index contributed by atoms with van der Waals surface area (Å²) in [5, 5.41) is 6.75. The van der Waals surface area contributed by atoms with Gasteiger partial charge in [0.15, 0.2) is 0 Å². The molecular formula is C15H19BrN2OS. The Bertz CT molecular complexity index is 531. The highest BCUT2D eigenvalue weighted by molar-refractivity contribution is 9.10. The van der Waals surface area contributed by atoms with Crippen molar-refractivity contribution in [2.45, 2.75) is 25.8 Å². The lowest BCUT2D eigenvalue weighted by Gasteiger charge is -2.20. The van der Waals surface area contributed by atoms with Gasteiger partial charge >= 0.3 is 0 Å². The van der Waals surface area contributed by atoms with Gasteiger partial charge in [0.2, 0.25) is 0 Å². The first-order valence-corrected chi connectivity index (χ1v) is 8.37. The number of thiazole rings is 1. The van der Waals surface area contributed by atoms with Gasteiger partial charge in [0.25, 0.3) is 0 Å². The van der Waals surface area contributed by atoms with E-state index in [2.05, 4.69) is 45.3 Å². The van der Waals surface area contributed by atoms with Gasteiger partial charge in [-0.15, -0.1) is 11.3 Å². The third-order valence-electron chi connectivity index (χ3n) is 3.07. The minimum absolute atomic E-state index is 0.226. The molecule has 1 aromatic heterocycles. The Morgan fingerprint density at radius 3 is 2.95 bits per heavy atom. The van der Waals surface area contributed by atoms with Crippen LogP contribution in [-0.4, -0.2) is 18.6 Å². The molecule has 0 aliphatic rings. The molecule has 1 N–H and O–H groups in total. The molecule has 0 spiro atoms. The molecule has 2 aromatic rings. The predicted octanol–water partition coefficient (Wildman–Crippen LogP) is 4.20. The fourth-order valence-electron chi connectivity index (χ4n) is 2.11. The van der Waals surface area contributed by atoms with E-state index in [0.717, 1.165) is 34.6 Å². The Labute approximate surface area is 132 Å². The van der Waals surface area contributed by atoms with Crippen LogP contribution in [0.3, 0.4) is 0 Å². The van der Waals surface area contributed by atoms with Crippen molar-refractivity contribution in [1.82, 2.24) is 10.3 Å². The van der Waals surface area contributed by atoms with Gasteiger partial charge in [-0.25, -0.2) is 4.98 Å². The van der Waals surface area contributed by atoms with Crippen LogP contribution in [-0.2, 0) is 6.42 Å². The lowest BCUT2D eigenvalue weighted by atomic mass is 10.0. The lowest BCUT2D eigenvalue weighted by Crippen LogP contribution is -2.24. The van der Waals surface area contributed by atoms with Gasteiger partial charge in [0.1, 0.15) is 5.75 Å². The molecule has 0 radical (unpaired) electrons. The number of aromatic nitrogens is 1. The summed E-state index contributed by atoms with van der Waals surface area (Å²) in [4.78, 5) is 4.39. The van der Waals surface area contributed by atoms with E-state index in [-0.39, 0.29) is 6.04 Å². The smallest absolute Gasteiger partial charge is 0.124 e. The normalized spacial score (nSPS) is 12.3. The van der Waals surface area contributed by atoms with Crippen molar-refractivity contribution < 1.29 is 4.74 Å². The second-order valence-electron chi connectivity index (χ2n) is 4.52. The van der Waals surface area contributed by atoms with E-state index < -0.39 is 0 Å². The van der Waals surface area contributed by atoms with Crippen LogP contribution in [0.25, 0.3) is 0 Å². The van der Waals surface area contributed by atoms with E-state index in [9.17, 15) is 0 Å². The molecule has 20 heavy (non-hydrogen) atoms. The maximum absolute atomic E-state index is 5.52. The molecule has 0 bridgehead atoms. The molecule has 1 aromatic carbocycles. The third-order valence-corrected chi connectivity index (χ3v) is 4.37. The highest BCUT2D eigenvalue weighted by Gasteiger charge is 2.17. The first-order chi connectivity index (χ1) is 9.74. The lowest BCUT2D eigenvalue weighted by molar-refractivity contribution is 0.397. The average Bonchev–Trinajstić information content (AvgIpc) is 2.96. The Morgan fingerprint density at radius 1 is 1.45 bits per heavy atom. The van der Waals surface area contributed by atoms with Crippen molar-refractivity contribution in [3.63, 3.8) is 0 Å². The topological polar surface area (TPSA) is 34.2 Å². The molecule has 0 saturated carbocycles. The largest absolute Gasteiger partial charge is 0.496 e. The molecule has 0 aliphatic carbocycles. The van der Waals surface area contributed by atoms with Gasteiger partial charge in [-0.2, -0.15) is 0 Å². The monoisotopic (exact) mass is 354 g/mol. The van der Waals surface area contributed by atoms with E-state index in [1.165, 1.54) is 5.56 Å². The van der Waals surface area contributed by atoms with Gasteiger partial charge in [0, 0.05) is 34.1 Å². The number of halogens is 1. The number of rotatable bonds is 7. The third kappa shape index (κ3) is 4.04. The van der Waals surface area contributed by atoms with Crippen LogP contribution in [0.4, 0.5) is 0 Å². The molecule has 2 rings (SSSR count). The molecule has 0 amide bonds. The number of nitrogens with one attached hydrogen (secondary N) is 1. The zero-order chi connectivity index (χ0) is 14.4. The first-order valence-electron chi connectivity index (χ1n) is 6.69. The van der Waals surface area contributed by atoms with Gasteiger partial charge in [-0.1, -0.05) is 28.9 Å². The summed E-state index contributed by atoms with van der Waals surface area (Å²) < 4.78 is 6.55. The molecule has 0 fully saturated rings. The first kappa shape index (κ1) is 15.5. The standard InChI is InChI=1S/C15H19BrN2OS/c1-3-6-17-13(10-15-18-7-8-20-15)12-5-4-11(16)9-14(12)19-2/h4-5,7-9,13,17H,3,6,10H2,1-2H3. The van der Waals surface area contributed by atoms with Gasteiger partial charge in [-0.05, 0) is 25.1 Å². The molecule has 1 unspecified atom stereocenters. The second kappa shape index (κ2) is 7.76. The summed E-state index contributed by atoms with van der Waals surface area (Å²) in [6, 6.07) is 6.41. The van der Waals surface area contributed by atoms with Crippen molar-refractivity contribution >= 4 is 27.3 Å². The number of methoxy groups -OCH3 is 1. The highest BCUT2D eigenvalue weighted by atomic mass is 79.9. The summed E-state index contributed by atoms with van der Waals surface area (Å²) in [6.45, 7) is 3.15. The quantitative estimate of drug-likeness (QED) is 0.808. The highest BCUT2D eigenvalue weighted by Crippen LogP contribution is 2.30. The van der Waals surface area contributed by atoms with Gasteiger partial charge in [0.05, 0.1) is 12.1 Å². The maximum Gasteiger partial charge on any atom is 0.124 e. The van der Waals surface area contributed by atoms with Crippen molar-refractivity contribution in [3.8, 4) is 5.75 Å². The Hall–Kier alpha value is -0.910. The SMILES string of the molecule is CCCNC(Cc1nccs1)c1ccc(Br)cc1OC. The summed E-state index contributed by atoms with van der Waals surface area (Å²) in [6.07, 6.45) is 3.85. The Balaban J connectivity index is 2.25. The van der Waals surface area contributed by atoms with Crippen LogP contribution in [0.5, 0.6) is 5.75 Å². The number of nitrogens with zero attached hydrogens (tertiary/aromatic N) is 1. The molecule has 0 saturated heterocycles. The van der Waals surface area contributed by atoms with Crippen LogP contribution in [0.1, 0.15) is 30.0 Å². The van der Waals surface area contributed by atoms with Crippen molar-refractivity contribution in [3.05, 3.63) is 44.8 Å². The number of benzene rings is 1. The second-order valence-corrected chi connectivity index (χ2v) is 6.42. The van der Waals surface area contributed by atoms with E-state index >= 15 is 0 Å². The molecule has 108 valence electrons. The molecule has 1 atom stereocenters. The Kier molecular flexibility index (Phi) is 6.01. The van der Waals surface area contributed by atoms with E-state index in [1.54, 1.807) is 18.4 Å². The molecular weight excluding hydrogens is 336 g/mol. The molecule has 5 heteroatoms. The van der Waals surface area contributed by atoms with Crippen molar-refractivity contribution in [1.29, 1.82) is 0 Å². The average molecular weight is 355 g/mol. The molecule has 1 heterocycles. The van der Waals surface area contributed by atoms with E-state index in [4.69, 9.17) is 4.74 Å². The van der Waals surface area contributed by atoms with Crippen molar-refractivity contribution in [2.75, 3.05) is 13.7 Å². The fourth-order valence-corrected chi connectivity index (χ4v) is 3.12. The van der Waals surface area contributed by atoms with Crippen molar-refractivity contribution in [2.24, 2.45) is 0 Å². The minimum Gasteiger partial charge on any atom is -0.496 e. The molecule has 0 aliphatic heterocycles. The van der Waals surface area contributed by atoms with Crippen LogP contribution >= 0.6 is 27.3 Å². The fraction of sp³-hybridized carbons (Fsp3) is 0.400. The minimum atomic E-state index is 0.226. The van der Waals surface area contributed by atoms with Crippen LogP contribution in [0.2, 0.25) is 0 Å². The van der Waals surface area contributed by atoms with Gasteiger partial charge in [-0.3, -0.25) is 0 Å². The zero-order valence-electron chi connectivity index (χ0n) is 11.7. The van der Waals surface area contributed by atoms with Crippen LogP contribution < -0.4 is 10.1 Å². The zero-order valence-corrected chi connectivity index (χ0v) is 14.1. The summed E-state index contributed by atoms with van der Waals surface area (Å²) in [7, 11) is 1.71. The number of hydrogen-bond donors (Lipinski definition) is 1. The van der Waals surface area contributed by atoms with Crippen LogP contribution in [0, 0.1) is 0 Å². The number of hydrogen-bond acceptors (Lipinski definition) is 4. The van der Waals surface area contributed by atoms with Crippen LogP contribution in [0.15, 0.2) is 34.2 Å².